The zero-order valence-corrected chi connectivity index (χ0v) is 18.2. The largest absolute Gasteiger partial charge is 0.381 e. The second-order valence-corrected chi connectivity index (χ2v) is 7.81. The molecule has 2 heteroatoms. The Bertz CT molecular complexity index is 244. The highest BCUT2D eigenvalue weighted by atomic mass is 16.5. The van der Waals surface area contributed by atoms with E-state index in [1.165, 1.54) is 103 Å². The summed E-state index contributed by atoms with van der Waals surface area (Å²) in [5, 5.41) is 0. The molecular formula is C23H49NO. The number of hydrogen-bond donors (Lipinski definition) is 0. The standard InChI is InChI=1S/C23H49NO/c1-5-9-11-14-19-24(18-10-6-2)20-15-12-13-16-21-25-22-23(8-4)17-7-3/h23H,5-22H2,1-4H3. The zero-order chi connectivity index (χ0) is 18.6. The van der Waals surface area contributed by atoms with Crippen LogP contribution >= 0.6 is 0 Å². The van der Waals surface area contributed by atoms with Gasteiger partial charge in [0.1, 0.15) is 0 Å². The van der Waals surface area contributed by atoms with Crippen LogP contribution in [0, 0.1) is 5.92 Å². The molecule has 0 spiro atoms. The predicted molar refractivity (Wildman–Crippen MR) is 113 cm³/mol. The molecule has 25 heavy (non-hydrogen) atoms. The van der Waals surface area contributed by atoms with Gasteiger partial charge in [0.2, 0.25) is 0 Å². The summed E-state index contributed by atoms with van der Waals surface area (Å²) in [7, 11) is 0. The number of nitrogens with zero attached hydrogens (tertiary/aromatic N) is 1. The maximum atomic E-state index is 5.89. The number of hydrogen-bond acceptors (Lipinski definition) is 2. The normalized spacial score (nSPS) is 12.8. The summed E-state index contributed by atoms with van der Waals surface area (Å²) in [5.41, 5.74) is 0. The van der Waals surface area contributed by atoms with E-state index in [4.69, 9.17) is 4.74 Å². The molecule has 152 valence electrons. The Labute approximate surface area is 160 Å². The maximum absolute atomic E-state index is 5.89. The lowest BCUT2D eigenvalue weighted by molar-refractivity contribution is 0.0912. The van der Waals surface area contributed by atoms with Crippen molar-refractivity contribution in [1.29, 1.82) is 0 Å². The first kappa shape index (κ1) is 24.9. The minimum atomic E-state index is 0.782. The van der Waals surface area contributed by atoms with E-state index in [9.17, 15) is 0 Å². The van der Waals surface area contributed by atoms with Crippen LogP contribution in [-0.4, -0.2) is 37.7 Å². The van der Waals surface area contributed by atoms with Crippen LogP contribution in [-0.2, 0) is 4.74 Å². The molecule has 0 aliphatic carbocycles. The van der Waals surface area contributed by atoms with Crippen LogP contribution in [0.5, 0.6) is 0 Å². The second kappa shape index (κ2) is 20.2. The highest BCUT2D eigenvalue weighted by Crippen LogP contribution is 2.12. The third-order valence-electron chi connectivity index (χ3n) is 5.30. The van der Waals surface area contributed by atoms with Gasteiger partial charge in [-0.15, -0.1) is 0 Å². The lowest BCUT2D eigenvalue weighted by atomic mass is 10.0. The van der Waals surface area contributed by atoms with Crippen LogP contribution in [0.15, 0.2) is 0 Å². The monoisotopic (exact) mass is 355 g/mol. The van der Waals surface area contributed by atoms with Crippen molar-refractivity contribution in [3.8, 4) is 0 Å². The SMILES string of the molecule is CCCCCCN(CCCC)CCCCCCOCC(CC)CCC. The minimum absolute atomic E-state index is 0.782. The summed E-state index contributed by atoms with van der Waals surface area (Å²) < 4.78 is 5.89. The van der Waals surface area contributed by atoms with Crippen molar-refractivity contribution < 1.29 is 4.74 Å². The molecule has 0 aromatic carbocycles. The molecule has 0 saturated carbocycles. The van der Waals surface area contributed by atoms with Crippen molar-refractivity contribution in [2.75, 3.05) is 32.8 Å². The summed E-state index contributed by atoms with van der Waals surface area (Å²) in [4.78, 5) is 2.71. The molecule has 0 aromatic rings. The Balaban J connectivity index is 3.59. The van der Waals surface area contributed by atoms with E-state index in [0.29, 0.717) is 0 Å². The van der Waals surface area contributed by atoms with Crippen LogP contribution in [0.4, 0.5) is 0 Å². The van der Waals surface area contributed by atoms with Gasteiger partial charge in [-0.25, -0.2) is 0 Å². The second-order valence-electron chi connectivity index (χ2n) is 7.81. The highest BCUT2D eigenvalue weighted by molar-refractivity contribution is 4.59. The van der Waals surface area contributed by atoms with E-state index in [0.717, 1.165) is 19.1 Å². The van der Waals surface area contributed by atoms with E-state index >= 15 is 0 Å². The van der Waals surface area contributed by atoms with Gasteiger partial charge in [0.05, 0.1) is 0 Å². The Kier molecular flexibility index (Phi) is 20.2. The van der Waals surface area contributed by atoms with Crippen LogP contribution in [0.2, 0.25) is 0 Å². The summed E-state index contributed by atoms with van der Waals surface area (Å²) in [6.45, 7) is 15.0. The molecule has 0 aliphatic heterocycles. The van der Waals surface area contributed by atoms with E-state index in [2.05, 4.69) is 32.6 Å². The van der Waals surface area contributed by atoms with Gasteiger partial charge in [-0.1, -0.05) is 79.1 Å². The topological polar surface area (TPSA) is 12.5 Å². The molecular weight excluding hydrogens is 306 g/mol. The van der Waals surface area contributed by atoms with Gasteiger partial charge in [0.15, 0.2) is 0 Å². The number of rotatable bonds is 20. The first-order chi connectivity index (χ1) is 12.3. The van der Waals surface area contributed by atoms with Gasteiger partial charge in [0.25, 0.3) is 0 Å². The van der Waals surface area contributed by atoms with Gasteiger partial charge in [0, 0.05) is 13.2 Å². The van der Waals surface area contributed by atoms with Crippen molar-refractivity contribution in [3.05, 3.63) is 0 Å². The molecule has 2 nitrogen and oxygen atoms in total. The van der Waals surface area contributed by atoms with Crippen molar-refractivity contribution >= 4 is 0 Å². The summed E-state index contributed by atoms with van der Waals surface area (Å²) >= 11 is 0. The Morgan fingerprint density at radius 2 is 1.24 bits per heavy atom. The molecule has 0 aromatic heterocycles. The van der Waals surface area contributed by atoms with E-state index < -0.39 is 0 Å². The van der Waals surface area contributed by atoms with Gasteiger partial charge in [-0.2, -0.15) is 0 Å². The fourth-order valence-corrected chi connectivity index (χ4v) is 3.44. The molecule has 0 amide bonds. The molecule has 1 atom stereocenters. The fraction of sp³-hybridized carbons (Fsp3) is 1.00. The lowest BCUT2D eigenvalue weighted by Gasteiger charge is -2.22. The smallest absolute Gasteiger partial charge is 0.0494 e. The summed E-state index contributed by atoms with van der Waals surface area (Å²) in [5.74, 6) is 0.782. The highest BCUT2D eigenvalue weighted by Gasteiger charge is 2.05. The van der Waals surface area contributed by atoms with Crippen molar-refractivity contribution in [2.24, 2.45) is 5.92 Å². The lowest BCUT2D eigenvalue weighted by Crippen LogP contribution is -2.27. The predicted octanol–water partition coefficient (Wildman–Crippen LogP) is 7.07. The van der Waals surface area contributed by atoms with E-state index in [-0.39, 0.29) is 0 Å². The molecule has 0 radical (unpaired) electrons. The minimum Gasteiger partial charge on any atom is -0.381 e. The maximum Gasteiger partial charge on any atom is 0.0494 e. The molecule has 0 rings (SSSR count). The summed E-state index contributed by atoms with van der Waals surface area (Å²) in [6, 6.07) is 0. The average Bonchev–Trinajstić information content (AvgIpc) is 2.63. The van der Waals surface area contributed by atoms with Crippen LogP contribution in [0.1, 0.15) is 111 Å². The molecule has 0 bridgehead atoms. The number of ether oxygens (including phenoxy) is 1. The molecule has 0 saturated heterocycles. The third-order valence-corrected chi connectivity index (χ3v) is 5.30. The van der Waals surface area contributed by atoms with Crippen molar-refractivity contribution in [2.45, 2.75) is 111 Å². The fourth-order valence-electron chi connectivity index (χ4n) is 3.44. The van der Waals surface area contributed by atoms with E-state index in [1.54, 1.807) is 0 Å². The van der Waals surface area contributed by atoms with Gasteiger partial charge >= 0.3 is 0 Å². The Morgan fingerprint density at radius 1 is 0.640 bits per heavy atom. The van der Waals surface area contributed by atoms with Crippen LogP contribution in [0.3, 0.4) is 0 Å². The first-order valence-corrected chi connectivity index (χ1v) is 11.6. The van der Waals surface area contributed by atoms with Crippen molar-refractivity contribution in [3.63, 3.8) is 0 Å². The van der Waals surface area contributed by atoms with Crippen LogP contribution in [0.25, 0.3) is 0 Å². The first-order valence-electron chi connectivity index (χ1n) is 11.6. The zero-order valence-electron chi connectivity index (χ0n) is 18.2. The van der Waals surface area contributed by atoms with E-state index in [1.807, 2.05) is 0 Å². The number of unbranched alkanes of at least 4 members (excludes halogenated alkanes) is 7. The Morgan fingerprint density at radius 3 is 1.84 bits per heavy atom. The molecule has 0 fully saturated rings. The van der Waals surface area contributed by atoms with Gasteiger partial charge in [-0.05, 0) is 57.7 Å². The molecule has 1 unspecified atom stereocenters. The van der Waals surface area contributed by atoms with Crippen molar-refractivity contribution in [1.82, 2.24) is 4.90 Å². The molecule has 0 heterocycles. The average molecular weight is 356 g/mol. The van der Waals surface area contributed by atoms with Crippen LogP contribution < -0.4 is 0 Å². The third kappa shape index (κ3) is 17.1. The summed E-state index contributed by atoms with van der Waals surface area (Å²) in [6.07, 6.45) is 17.4. The van der Waals surface area contributed by atoms with Gasteiger partial charge in [-0.3, -0.25) is 0 Å². The molecule has 0 aliphatic rings. The molecule has 0 N–H and O–H groups in total. The van der Waals surface area contributed by atoms with Gasteiger partial charge < -0.3 is 9.64 Å². The quantitative estimate of drug-likeness (QED) is 0.216. The Hall–Kier alpha value is -0.0800.